The van der Waals surface area contributed by atoms with E-state index < -0.39 is 16.1 Å². The fraction of sp³-hybridized carbons (Fsp3) is 0.500. The summed E-state index contributed by atoms with van der Waals surface area (Å²) in [5.41, 5.74) is 0.834. The Hall–Kier alpha value is -1.29. The van der Waals surface area contributed by atoms with Crippen molar-refractivity contribution in [1.29, 1.82) is 0 Å². The van der Waals surface area contributed by atoms with Gasteiger partial charge in [-0.05, 0) is 38.3 Å². The van der Waals surface area contributed by atoms with Crippen LogP contribution in [0, 0.1) is 6.92 Å². The molecule has 25 heavy (non-hydrogen) atoms. The molecule has 0 radical (unpaired) electrons. The van der Waals surface area contributed by atoms with Gasteiger partial charge in [0.15, 0.2) is 5.13 Å². The molecule has 0 bridgehead atoms. The minimum absolute atomic E-state index is 0.0793. The first-order chi connectivity index (χ1) is 11.9. The second-order valence-electron chi connectivity index (χ2n) is 6.02. The van der Waals surface area contributed by atoms with Gasteiger partial charge < -0.3 is 5.32 Å². The summed E-state index contributed by atoms with van der Waals surface area (Å²) in [6.45, 7) is 4.28. The van der Waals surface area contributed by atoms with Gasteiger partial charge in [-0.2, -0.15) is 4.31 Å². The number of hydrogen-bond acceptors (Lipinski definition) is 6. The van der Waals surface area contributed by atoms with E-state index >= 15 is 0 Å². The van der Waals surface area contributed by atoms with Crippen LogP contribution in [0.25, 0.3) is 10.6 Å². The number of carbonyl (C=O) groups is 1. The largest absolute Gasteiger partial charge is 0.301 e. The summed E-state index contributed by atoms with van der Waals surface area (Å²) >= 11 is 3.01. The monoisotopic (exact) mass is 399 g/mol. The van der Waals surface area contributed by atoms with Crippen LogP contribution in [0.5, 0.6) is 0 Å². The second kappa shape index (κ2) is 7.53. The first kappa shape index (κ1) is 18.5. The lowest BCUT2D eigenvalue weighted by atomic mass is 10.2. The third-order valence-electron chi connectivity index (χ3n) is 4.05. The van der Waals surface area contributed by atoms with Crippen molar-refractivity contribution in [2.45, 2.75) is 39.2 Å². The van der Waals surface area contributed by atoms with Crippen LogP contribution in [0.15, 0.2) is 17.5 Å². The molecular formula is C16H21N3O3S3. The average molecular weight is 400 g/mol. The summed E-state index contributed by atoms with van der Waals surface area (Å²) < 4.78 is 26.0. The lowest BCUT2D eigenvalue weighted by molar-refractivity contribution is -0.119. The molecule has 1 atom stereocenters. The maximum absolute atomic E-state index is 12.6. The average Bonchev–Trinajstić information content (AvgIpc) is 3.26. The van der Waals surface area contributed by atoms with E-state index in [1.807, 2.05) is 31.4 Å². The van der Waals surface area contributed by atoms with Gasteiger partial charge in [-0.1, -0.05) is 6.92 Å². The van der Waals surface area contributed by atoms with Gasteiger partial charge in [-0.3, -0.25) is 4.79 Å². The van der Waals surface area contributed by atoms with Crippen molar-refractivity contribution in [3.8, 4) is 10.6 Å². The zero-order valence-corrected chi connectivity index (χ0v) is 16.6. The van der Waals surface area contributed by atoms with Crippen molar-refractivity contribution in [3.05, 3.63) is 22.4 Å². The highest BCUT2D eigenvalue weighted by atomic mass is 32.2. The number of anilines is 1. The molecule has 1 N–H and O–H groups in total. The molecule has 1 unspecified atom stereocenters. The highest BCUT2D eigenvalue weighted by molar-refractivity contribution is 7.89. The number of amides is 1. The van der Waals surface area contributed by atoms with Gasteiger partial charge in [0.05, 0.1) is 16.3 Å². The van der Waals surface area contributed by atoms with E-state index in [1.54, 1.807) is 11.3 Å². The van der Waals surface area contributed by atoms with Crippen LogP contribution in [0.1, 0.15) is 31.1 Å². The third-order valence-corrected chi connectivity index (χ3v) is 7.91. The molecule has 3 heterocycles. The lowest BCUT2D eigenvalue weighted by Crippen LogP contribution is -2.44. The van der Waals surface area contributed by atoms with Gasteiger partial charge in [0.1, 0.15) is 6.04 Å². The number of carbonyl (C=O) groups excluding carboxylic acids is 1. The number of aryl methyl sites for hydroxylation is 1. The number of rotatable bonds is 6. The number of hydrogen-bond donors (Lipinski definition) is 1. The fourth-order valence-electron chi connectivity index (χ4n) is 2.92. The summed E-state index contributed by atoms with van der Waals surface area (Å²) in [5.74, 6) is -0.212. The van der Waals surface area contributed by atoms with Crippen LogP contribution in [0.2, 0.25) is 0 Å². The summed E-state index contributed by atoms with van der Waals surface area (Å²) in [6.07, 6.45) is 1.80. The highest BCUT2D eigenvalue weighted by Gasteiger charge is 2.38. The summed E-state index contributed by atoms with van der Waals surface area (Å²) in [5, 5.41) is 5.20. The van der Waals surface area contributed by atoms with Gasteiger partial charge in [0, 0.05) is 16.8 Å². The van der Waals surface area contributed by atoms with Crippen molar-refractivity contribution in [2.24, 2.45) is 0 Å². The van der Waals surface area contributed by atoms with Gasteiger partial charge in [0.25, 0.3) is 0 Å². The predicted octanol–water partition coefficient (Wildman–Crippen LogP) is 3.32. The quantitative estimate of drug-likeness (QED) is 0.808. The number of thiophene rings is 1. The predicted molar refractivity (Wildman–Crippen MR) is 103 cm³/mol. The Kier molecular flexibility index (Phi) is 5.57. The Balaban J connectivity index is 1.71. The number of aromatic nitrogens is 1. The van der Waals surface area contributed by atoms with Crippen molar-refractivity contribution in [3.63, 3.8) is 0 Å². The van der Waals surface area contributed by atoms with Crippen LogP contribution < -0.4 is 5.32 Å². The second-order valence-corrected chi connectivity index (χ2v) is 10.2. The van der Waals surface area contributed by atoms with Gasteiger partial charge >= 0.3 is 0 Å². The van der Waals surface area contributed by atoms with E-state index in [-0.39, 0.29) is 11.7 Å². The van der Waals surface area contributed by atoms with E-state index in [9.17, 15) is 13.2 Å². The van der Waals surface area contributed by atoms with E-state index in [0.29, 0.717) is 30.9 Å². The molecule has 1 fully saturated rings. The topological polar surface area (TPSA) is 79.4 Å². The minimum Gasteiger partial charge on any atom is -0.301 e. The number of thiazole rings is 1. The molecule has 1 aliphatic heterocycles. The first-order valence-corrected chi connectivity index (χ1v) is 11.5. The Morgan fingerprint density at radius 3 is 2.92 bits per heavy atom. The minimum atomic E-state index is -3.37. The molecule has 0 spiro atoms. The molecule has 136 valence electrons. The molecule has 0 aromatic carbocycles. The normalized spacial score (nSPS) is 18.6. The molecule has 3 rings (SSSR count). The molecule has 0 saturated carbocycles. The van der Waals surface area contributed by atoms with Crippen molar-refractivity contribution in [2.75, 3.05) is 17.6 Å². The third kappa shape index (κ3) is 4.11. The maximum atomic E-state index is 12.6. The Morgan fingerprint density at radius 1 is 1.44 bits per heavy atom. The van der Waals surface area contributed by atoms with Crippen molar-refractivity contribution < 1.29 is 13.2 Å². The fourth-order valence-corrected chi connectivity index (χ4v) is 6.28. The van der Waals surface area contributed by atoms with E-state index in [0.717, 1.165) is 10.6 Å². The molecule has 0 aliphatic carbocycles. The summed E-state index contributed by atoms with van der Waals surface area (Å²) in [4.78, 5) is 19.3. The molecule has 2 aromatic heterocycles. The summed E-state index contributed by atoms with van der Waals surface area (Å²) in [7, 11) is -3.37. The maximum Gasteiger partial charge on any atom is 0.244 e. The van der Waals surface area contributed by atoms with E-state index in [4.69, 9.17) is 0 Å². The van der Waals surface area contributed by atoms with Crippen LogP contribution in [0.3, 0.4) is 0 Å². The van der Waals surface area contributed by atoms with Crippen molar-refractivity contribution in [1.82, 2.24) is 9.29 Å². The number of nitrogens with one attached hydrogen (secondary N) is 1. The lowest BCUT2D eigenvalue weighted by Gasteiger charge is -2.22. The molecule has 9 heteroatoms. The molecular weight excluding hydrogens is 378 g/mol. The van der Waals surface area contributed by atoms with Crippen LogP contribution in [-0.2, 0) is 14.8 Å². The molecule has 6 nitrogen and oxygen atoms in total. The van der Waals surface area contributed by atoms with Crippen LogP contribution in [-0.4, -0.2) is 42.0 Å². The molecule has 1 saturated heterocycles. The highest BCUT2D eigenvalue weighted by Crippen LogP contribution is 2.31. The van der Waals surface area contributed by atoms with E-state index in [2.05, 4.69) is 10.3 Å². The number of nitrogens with zero attached hydrogens (tertiary/aromatic N) is 2. The Bertz CT molecular complexity index is 857. The molecule has 2 aromatic rings. The standard InChI is InChI=1S/C16H21N3O3S3/c1-3-9-25(21,22)19-8-4-5-13(19)15(20)18-16-17-12(10-23-16)14-7-6-11(2)24-14/h6-7,10,13H,3-5,8-9H2,1-2H3,(H,17,18,20). The summed E-state index contributed by atoms with van der Waals surface area (Å²) in [6, 6.07) is 3.41. The van der Waals surface area contributed by atoms with Crippen LogP contribution in [0.4, 0.5) is 5.13 Å². The van der Waals surface area contributed by atoms with Crippen molar-refractivity contribution >= 4 is 43.7 Å². The number of sulfonamides is 1. The Labute approximate surface area is 155 Å². The molecule has 1 aliphatic rings. The zero-order valence-electron chi connectivity index (χ0n) is 14.2. The smallest absolute Gasteiger partial charge is 0.244 e. The van der Waals surface area contributed by atoms with Crippen LogP contribution >= 0.6 is 22.7 Å². The SMILES string of the molecule is CCCS(=O)(=O)N1CCCC1C(=O)Nc1nc(-c2ccc(C)s2)cs1. The van der Waals surface area contributed by atoms with Gasteiger partial charge in [-0.15, -0.1) is 22.7 Å². The molecule has 1 amide bonds. The van der Waals surface area contributed by atoms with Gasteiger partial charge in [0.2, 0.25) is 15.9 Å². The Morgan fingerprint density at radius 2 is 2.24 bits per heavy atom. The van der Waals surface area contributed by atoms with E-state index in [1.165, 1.54) is 20.5 Å². The van der Waals surface area contributed by atoms with Gasteiger partial charge in [-0.25, -0.2) is 13.4 Å². The zero-order chi connectivity index (χ0) is 18.0. The first-order valence-electron chi connectivity index (χ1n) is 8.23.